The Morgan fingerprint density at radius 3 is 2.00 bits per heavy atom. The van der Waals surface area contributed by atoms with Crippen LogP contribution in [-0.4, -0.2) is 61.3 Å². The van der Waals surface area contributed by atoms with Crippen molar-refractivity contribution < 1.29 is 38.3 Å². The molecule has 0 aromatic rings. The lowest BCUT2D eigenvalue weighted by atomic mass is 10.0. The molecule has 1 aliphatic rings. The van der Waals surface area contributed by atoms with Crippen molar-refractivity contribution in [3.05, 3.63) is 0 Å². The molecule has 2 atom stereocenters. The van der Waals surface area contributed by atoms with Crippen molar-refractivity contribution in [3.63, 3.8) is 0 Å². The monoisotopic (exact) mass is 375 g/mol. The first-order valence-corrected chi connectivity index (χ1v) is 7.60. The van der Waals surface area contributed by atoms with Gasteiger partial charge in [0.15, 0.2) is 6.04 Å². The van der Waals surface area contributed by atoms with Gasteiger partial charge in [-0.2, -0.15) is 0 Å². The van der Waals surface area contributed by atoms with Crippen LogP contribution in [-0.2, 0) is 28.7 Å². The molecule has 148 valence electrons. The van der Waals surface area contributed by atoms with E-state index in [1.54, 1.807) is 6.92 Å². The molecular weight excluding hydrogens is 350 g/mol. The second-order valence-corrected chi connectivity index (χ2v) is 5.14. The molecule has 1 saturated heterocycles. The number of carbonyl (C=O) groups excluding carboxylic acids is 5. The molecule has 1 heterocycles. The molecule has 2 N–H and O–H groups in total. The molecule has 1 fully saturated rings. The Morgan fingerprint density at radius 1 is 1.04 bits per heavy atom. The van der Waals surface area contributed by atoms with Crippen molar-refractivity contribution >= 4 is 30.0 Å². The van der Waals surface area contributed by atoms with Gasteiger partial charge in [0.2, 0.25) is 0 Å². The molecule has 11 heteroatoms. The summed E-state index contributed by atoms with van der Waals surface area (Å²) in [5.74, 6) is -2.42. The van der Waals surface area contributed by atoms with Crippen LogP contribution < -0.4 is 10.6 Å². The highest BCUT2D eigenvalue weighted by atomic mass is 16.7. The minimum Gasteiger partial charge on any atom is -0.453 e. The third-order valence-corrected chi connectivity index (χ3v) is 3.39. The Labute approximate surface area is 151 Å². The number of nitrogens with zero attached hydrogens (tertiary/aromatic N) is 1. The first-order valence-electron chi connectivity index (χ1n) is 7.60. The molecule has 11 nitrogen and oxygen atoms in total. The molecule has 0 aromatic heterocycles. The normalized spacial score (nSPS) is 15.4. The van der Waals surface area contributed by atoms with Gasteiger partial charge in [0.05, 0.1) is 20.3 Å². The summed E-state index contributed by atoms with van der Waals surface area (Å²) in [6.07, 6.45) is -1.09. The van der Waals surface area contributed by atoms with Crippen LogP contribution in [0.5, 0.6) is 0 Å². The molecule has 0 aromatic carbocycles. The molecule has 2 unspecified atom stereocenters. The average molecular weight is 375 g/mol. The van der Waals surface area contributed by atoms with Crippen LogP contribution in [0.2, 0.25) is 0 Å². The molecule has 0 bridgehead atoms. The highest BCUT2D eigenvalue weighted by molar-refractivity contribution is 6.02. The maximum atomic E-state index is 12.4. The molecular formula is C15H25N3O8. The molecule has 26 heavy (non-hydrogen) atoms. The average Bonchev–Trinajstić information content (AvgIpc) is 2.90. The first kappa shape index (κ1) is 23.1. The Morgan fingerprint density at radius 2 is 1.54 bits per heavy atom. The Balaban J connectivity index is 0.00000625. The number of carbonyl (C=O) groups is 5. The summed E-state index contributed by atoms with van der Waals surface area (Å²) in [4.78, 5) is 63.4. The van der Waals surface area contributed by atoms with Crippen LogP contribution in [0.4, 0.5) is 9.59 Å². The lowest BCUT2D eigenvalue weighted by Gasteiger charge is -2.27. The standard InChI is InChI=1S/C14H21N3O8.CH4/c1-4-5-8(15-13(21)23-2)11(16-14(22)24-3)12(20)25-17-9(18)6-7-10(17)19;/h8,11H,4-7H2,1-3H3,(H,15,21)(H,16,22);1H4. The number of hydroxylamine groups is 2. The Bertz CT molecular complexity index is 535. The topological polar surface area (TPSA) is 140 Å². The number of alkyl carbamates (subject to hydrolysis) is 2. The van der Waals surface area contributed by atoms with Crippen LogP contribution in [0.1, 0.15) is 40.0 Å². The zero-order chi connectivity index (χ0) is 19.0. The third kappa shape index (κ3) is 6.22. The van der Waals surface area contributed by atoms with Crippen LogP contribution in [0.3, 0.4) is 0 Å². The second-order valence-electron chi connectivity index (χ2n) is 5.14. The fraction of sp³-hybridized carbons (Fsp3) is 0.667. The molecule has 1 aliphatic heterocycles. The largest absolute Gasteiger partial charge is 0.453 e. The van der Waals surface area contributed by atoms with Gasteiger partial charge in [0.25, 0.3) is 11.8 Å². The first-order chi connectivity index (χ1) is 11.8. The van der Waals surface area contributed by atoms with E-state index in [-0.39, 0.29) is 26.7 Å². The summed E-state index contributed by atoms with van der Waals surface area (Å²) in [7, 11) is 2.23. The Hall–Kier alpha value is -2.85. The van der Waals surface area contributed by atoms with Crippen molar-refractivity contribution in [3.8, 4) is 0 Å². The van der Waals surface area contributed by atoms with Gasteiger partial charge in [0.1, 0.15) is 0 Å². The van der Waals surface area contributed by atoms with Crippen LogP contribution in [0.25, 0.3) is 0 Å². The fourth-order valence-electron chi connectivity index (χ4n) is 2.16. The van der Waals surface area contributed by atoms with Crippen LogP contribution in [0, 0.1) is 0 Å². The summed E-state index contributed by atoms with van der Waals surface area (Å²) in [5, 5.41) is 4.99. The molecule has 0 radical (unpaired) electrons. The summed E-state index contributed by atoms with van der Waals surface area (Å²) >= 11 is 0. The highest BCUT2D eigenvalue weighted by Gasteiger charge is 2.38. The maximum absolute atomic E-state index is 12.4. The van der Waals surface area contributed by atoms with E-state index in [4.69, 9.17) is 4.84 Å². The van der Waals surface area contributed by atoms with Crippen molar-refractivity contribution in [1.82, 2.24) is 15.7 Å². The summed E-state index contributed by atoms with van der Waals surface area (Å²) < 4.78 is 8.94. The predicted molar refractivity (Wildman–Crippen MR) is 87.5 cm³/mol. The second kappa shape index (κ2) is 10.9. The number of imide groups is 1. The number of hydrogen-bond donors (Lipinski definition) is 2. The van der Waals surface area contributed by atoms with Crippen molar-refractivity contribution in [2.45, 2.75) is 52.1 Å². The van der Waals surface area contributed by atoms with Gasteiger partial charge in [-0.3, -0.25) is 9.59 Å². The van der Waals surface area contributed by atoms with Crippen molar-refractivity contribution in [2.75, 3.05) is 14.2 Å². The summed E-state index contributed by atoms with van der Waals surface area (Å²) in [6.45, 7) is 1.79. The van der Waals surface area contributed by atoms with Gasteiger partial charge in [-0.25, -0.2) is 14.4 Å². The van der Waals surface area contributed by atoms with Crippen molar-refractivity contribution in [2.24, 2.45) is 0 Å². The smallest absolute Gasteiger partial charge is 0.407 e. The SMILES string of the molecule is C.CCCC(NC(=O)OC)C(NC(=O)OC)C(=O)ON1C(=O)CCC1=O. The van der Waals surface area contributed by atoms with Crippen LogP contribution in [0.15, 0.2) is 0 Å². The molecule has 0 aliphatic carbocycles. The Kier molecular flexibility index (Phi) is 9.71. The lowest BCUT2D eigenvalue weighted by molar-refractivity contribution is -0.199. The number of methoxy groups -OCH3 is 2. The van der Waals surface area contributed by atoms with Gasteiger partial charge in [-0.15, -0.1) is 5.06 Å². The van der Waals surface area contributed by atoms with E-state index in [9.17, 15) is 24.0 Å². The highest BCUT2D eigenvalue weighted by Crippen LogP contribution is 2.14. The quantitative estimate of drug-likeness (QED) is 0.612. The number of amides is 4. The van der Waals surface area contributed by atoms with Gasteiger partial charge < -0.3 is 24.9 Å². The molecule has 4 amide bonds. The van der Waals surface area contributed by atoms with E-state index in [2.05, 4.69) is 20.1 Å². The van der Waals surface area contributed by atoms with Gasteiger partial charge >= 0.3 is 18.2 Å². The predicted octanol–water partition coefficient (Wildman–Crippen LogP) is 0.479. The van der Waals surface area contributed by atoms with E-state index in [1.165, 1.54) is 0 Å². The van der Waals surface area contributed by atoms with Gasteiger partial charge in [-0.1, -0.05) is 20.8 Å². The van der Waals surface area contributed by atoms with Crippen LogP contribution >= 0.6 is 0 Å². The number of nitrogens with one attached hydrogen (secondary N) is 2. The number of ether oxygens (including phenoxy) is 2. The number of rotatable bonds is 7. The summed E-state index contributed by atoms with van der Waals surface area (Å²) in [5.41, 5.74) is 0. The van der Waals surface area contributed by atoms with E-state index in [1.807, 2.05) is 0 Å². The van der Waals surface area contributed by atoms with E-state index in [0.29, 0.717) is 11.5 Å². The van der Waals surface area contributed by atoms with Gasteiger partial charge in [-0.05, 0) is 6.42 Å². The van der Waals surface area contributed by atoms with E-state index in [0.717, 1.165) is 14.2 Å². The van der Waals surface area contributed by atoms with Gasteiger partial charge in [0, 0.05) is 12.8 Å². The number of hydrogen-bond acceptors (Lipinski definition) is 8. The van der Waals surface area contributed by atoms with E-state index >= 15 is 0 Å². The molecule has 1 rings (SSSR count). The fourth-order valence-corrected chi connectivity index (χ4v) is 2.16. The third-order valence-electron chi connectivity index (χ3n) is 3.39. The molecule has 0 saturated carbocycles. The minimum absolute atomic E-state index is 0. The summed E-state index contributed by atoms with van der Waals surface area (Å²) in [6, 6.07) is -2.30. The van der Waals surface area contributed by atoms with E-state index < -0.39 is 42.1 Å². The lowest BCUT2D eigenvalue weighted by Crippen LogP contribution is -2.57. The van der Waals surface area contributed by atoms with Crippen molar-refractivity contribution in [1.29, 1.82) is 0 Å². The zero-order valence-electron chi connectivity index (χ0n) is 14.2. The molecule has 0 spiro atoms. The minimum atomic E-state index is -1.40. The zero-order valence-corrected chi connectivity index (χ0v) is 14.2. The maximum Gasteiger partial charge on any atom is 0.407 e.